The highest BCUT2D eigenvalue weighted by Crippen LogP contribution is 2.40. The summed E-state index contributed by atoms with van der Waals surface area (Å²) in [4.78, 5) is 52.0. The lowest BCUT2D eigenvalue weighted by Crippen LogP contribution is -2.55. The Balaban J connectivity index is 1.37. The molecule has 39 heavy (non-hydrogen) atoms. The summed E-state index contributed by atoms with van der Waals surface area (Å²) < 4.78 is 0. The minimum Gasteiger partial charge on any atom is -0.465 e. The van der Waals surface area contributed by atoms with Crippen molar-refractivity contribution in [3.8, 4) is 0 Å². The largest absolute Gasteiger partial charge is 0.465 e. The standard InChI is InChI=1S/C28H26ClN5O5/c29-19-8-11-22-21(15-19)28(33-26(37)32-22)12-13-34(16-28)25(36)23(14-17-4-2-1-3-5-17)31-24(35)18-6-9-20(10-7-18)30-27(38)39/h1-11,15,23,30H,12-14,16H2,(H,31,35)(H,38,39)(H2,32,33,37)/t23-,28?/m0/s1. The van der Waals surface area contributed by atoms with Crippen LogP contribution >= 0.6 is 11.6 Å². The summed E-state index contributed by atoms with van der Waals surface area (Å²) >= 11 is 6.26. The quantitative estimate of drug-likeness (QED) is 0.317. The molecule has 1 spiro atoms. The van der Waals surface area contributed by atoms with Crippen LogP contribution in [0.5, 0.6) is 0 Å². The molecule has 2 aliphatic heterocycles. The predicted molar refractivity (Wildman–Crippen MR) is 146 cm³/mol. The Morgan fingerprint density at radius 3 is 2.51 bits per heavy atom. The van der Waals surface area contributed by atoms with Crippen molar-refractivity contribution in [1.82, 2.24) is 15.5 Å². The van der Waals surface area contributed by atoms with Crippen LogP contribution < -0.4 is 21.3 Å². The van der Waals surface area contributed by atoms with Gasteiger partial charge in [0.05, 0.1) is 5.54 Å². The number of urea groups is 1. The first-order valence-corrected chi connectivity index (χ1v) is 12.7. The number of hydrogen-bond acceptors (Lipinski definition) is 4. The summed E-state index contributed by atoms with van der Waals surface area (Å²) in [5.74, 6) is -0.739. The minimum atomic E-state index is -1.21. The van der Waals surface area contributed by atoms with Crippen LogP contribution in [0.2, 0.25) is 5.02 Å². The maximum absolute atomic E-state index is 13.9. The lowest BCUT2D eigenvalue weighted by molar-refractivity contribution is -0.132. The highest BCUT2D eigenvalue weighted by atomic mass is 35.5. The molecule has 2 atom stereocenters. The van der Waals surface area contributed by atoms with E-state index in [-0.39, 0.29) is 30.5 Å². The lowest BCUT2D eigenvalue weighted by Gasteiger charge is -2.37. The molecule has 11 heteroatoms. The maximum Gasteiger partial charge on any atom is 0.409 e. The molecule has 10 nitrogen and oxygen atoms in total. The van der Waals surface area contributed by atoms with Crippen molar-refractivity contribution in [2.45, 2.75) is 24.4 Å². The Morgan fingerprint density at radius 1 is 1.05 bits per heavy atom. The molecule has 5 N–H and O–H groups in total. The van der Waals surface area contributed by atoms with Crippen molar-refractivity contribution >= 4 is 46.9 Å². The number of fused-ring (bicyclic) bond motifs is 2. The van der Waals surface area contributed by atoms with Crippen molar-refractivity contribution in [3.63, 3.8) is 0 Å². The van der Waals surface area contributed by atoms with Crippen molar-refractivity contribution in [3.05, 3.63) is 94.5 Å². The van der Waals surface area contributed by atoms with Crippen LogP contribution in [0.4, 0.5) is 21.0 Å². The fourth-order valence-electron chi connectivity index (χ4n) is 5.12. The van der Waals surface area contributed by atoms with E-state index >= 15 is 0 Å². The van der Waals surface area contributed by atoms with Crippen LogP contribution in [0.25, 0.3) is 0 Å². The molecular weight excluding hydrogens is 522 g/mol. The third-order valence-corrected chi connectivity index (χ3v) is 7.20. The Hall–Kier alpha value is -4.57. The molecule has 0 aromatic heterocycles. The monoisotopic (exact) mass is 547 g/mol. The predicted octanol–water partition coefficient (Wildman–Crippen LogP) is 4.03. The Kier molecular flexibility index (Phi) is 7.12. The topological polar surface area (TPSA) is 140 Å². The van der Waals surface area contributed by atoms with E-state index in [0.29, 0.717) is 29.4 Å². The smallest absolute Gasteiger partial charge is 0.409 e. The number of rotatable bonds is 6. The molecule has 0 bridgehead atoms. The number of hydrogen-bond donors (Lipinski definition) is 5. The number of carbonyl (C=O) groups is 4. The number of amides is 5. The van der Waals surface area contributed by atoms with Gasteiger partial charge in [0.1, 0.15) is 6.04 Å². The van der Waals surface area contributed by atoms with Crippen molar-refractivity contribution in [1.29, 1.82) is 0 Å². The van der Waals surface area contributed by atoms with Crippen molar-refractivity contribution in [2.75, 3.05) is 23.7 Å². The first kappa shape index (κ1) is 26.1. The van der Waals surface area contributed by atoms with Gasteiger partial charge in [-0.3, -0.25) is 14.9 Å². The summed E-state index contributed by atoms with van der Waals surface area (Å²) in [7, 11) is 0. The van der Waals surface area contributed by atoms with E-state index in [0.717, 1.165) is 11.1 Å². The van der Waals surface area contributed by atoms with Gasteiger partial charge >= 0.3 is 12.1 Å². The van der Waals surface area contributed by atoms with E-state index in [4.69, 9.17) is 16.7 Å². The van der Waals surface area contributed by atoms with Gasteiger partial charge in [-0.1, -0.05) is 41.9 Å². The zero-order valence-electron chi connectivity index (χ0n) is 20.7. The number of carbonyl (C=O) groups excluding carboxylic acids is 3. The number of anilines is 2. The van der Waals surface area contributed by atoms with E-state index in [1.165, 1.54) is 24.3 Å². The summed E-state index contributed by atoms with van der Waals surface area (Å²) in [5.41, 5.74) is 2.13. The lowest BCUT2D eigenvalue weighted by atomic mass is 9.86. The zero-order chi connectivity index (χ0) is 27.6. The van der Waals surface area contributed by atoms with Gasteiger partial charge in [0.15, 0.2) is 0 Å². The SMILES string of the molecule is O=C(O)Nc1ccc(C(=O)N[C@@H](Cc2ccccc2)C(=O)N2CCC3(C2)NC(=O)Nc2ccc(Cl)cc23)cc1. The average Bonchev–Trinajstić information content (AvgIpc) is 3.33. The Morgan fingerprint density at radius 2 is 1.79 bits per heavy atom. The molecule has 200 valence electrons. The number of benzene rings is 3. The first-order valence-electron chi connectivity index (χ1n) is 12.4. The average molecular weight is 548 g/mol. The Labute approximate surface area is 229 Å². The molecule has 0 aliphatic carbocycles. The highest BCUT2D eigenvalue weighted by molar-refractivity contribution is 6.30. The highest BCUT2D eigenvalue weighted by Gasteiger charge is 2.47. The van der Waals surface area contributed by atoms with E-state index in [2.05, 4.69) is 21.3 Å². The van der Waals surface area contributed by atoms with Crippen molar-refractivity contribution < 1.29 is 24.3 Å². The normalized spacial score (nSPS) is 18.5. The summed E-state index contributed by atoms with van der Waals surface area (Å²) in [6, 6.07) is 19.3. The van der Waals surface area contributed by atoms with Gasteiger partial charge in [-0.25, -0.2) is 9.59 Å². The molecule has 0 saturated carbocycles. The number of nitrogens with zero attached hydrogens (tertiary/aromatic N) is 1. The first-order chi connectivity index (χ1) is 18.7. The molecule has 1 fully saturated rings. The van der Waals surface area contributed by atoms with Crippen LogP contribution in [0.1, 0.15) is 27.9 Å². The van der Waals surface area contributed by atoms with Gasteiger partial charge in [0.2, 0.25) is 5.91 Å². The fraction of sp³-hybridized carbons (Fsp3) is 0.214. The maximum atomic E-state index is 13.9. The zero-order valence-corrected chi connectivity index (χ0v) is 21.5. The summed E-state index contributed by atoms with van der Waals surface area (Å²) in [6.07, 6.45) is -0.452. The molecule has 0 radical (unpaired) electrons. The number of nitrogens with one attached hydrogen (secondary N) is 4. The second-order valence-corrected chi connectivity index (χ2v) is 10.0. The summed E-state index contributed by atoms with van der Waals surface area (Å²) in [6.45, 7) is 0.602. The van der Waals surface area contributed by atoms with Gasteiger partial charge in [-0.05, 0) is 54.4 Å². The van der Waals surface area contributed by atoms with Gasteiger partial charge in [-0.15, -0.1) is 0 Å². The van der Waals surface area contributed by atoms with Gasteiger partial charge in [0.25, 0.3) is 5.91 Å². The number of likely N-dealkylation sites (tertiary alicyclic amines) is 1. The fourth-order valence-corrected chi connectivity index (χ4v) is 5.29. The van der Waals surface area contributed by atoms with Gasteiger partial charge in [-0.2, -0.15) is 0 Å². The number of carboxylic acid groups (broad SMARTS) is 1. The van der Waals surface area contributed by atoms with Gasteiger partial charge < -0.3 is 26.0 Å². The van der Waals surface area contributed by atoms with Crippen LogP contribution in [0.15, 0.2) is 72.8 Å². The molecular formula is C28H26ClN5O5. The second-order valence-electron chi connectivity index (χ2n) is 9.58. The van der Waals surface area contributed by atoms with Crippen LogP contribution in [-0.4, -0.2) is 53.1 Å². The molecule has 5 amide bonds. The van der Waals surface area contributed by atoms with Crippen LogP contribution in [0.3, 0.4) is 0 Å². The van der Waals surface area contributed by atoms with Gasteiger partial charge in [0, 0.05) is 47.0 Å². The molecule has 3 aromatic rings. The van der Waals surface area contributed by atoms with Crippen LogP contribution in [0, 0.1) is 0 Å². The number of halogens is 1. The Bertz CT molecular complexity index is 1430. The molecule has 5 rings (SSSR count). The van der Waals surface area contributed by atoms with E-state index in [9.17, 15) is 19.2 Å². The van der Waals surface area contributed by atoms with E-state index in [1.807, 2.05) is 30.3 Å². The van der Waals surface area contributed by atoms with Crippen molar-refractivity contribution in [2.24, 2.45) is 0 Å². The van der Waals surface area contributed by atoms with E-state index in [1.54, 1.807) is 23.1 Å². The molecule has 1 unspecified atom stereocenters. The third-order valence-electron chi connectivity index (χ3n) is 6.96. The van der Waals surface area contributed by atoms with Crippen LogP contribution in [-0.2, 0) is 16.8 Å². The molecule has 2 heterocycles. The second kappa shape index (κ2) is 10.7. The molecule has 2 aliphatic rings. The van der Waals surface area contributed by atoms with E-state index < -0.39 is 23.6 Å². The molecule has 1 saturated heterocycles. The summed E-state index contributed by atoms with van der Waals surface area (Å²) in [5, 5.41) is 20.3. The third kappa shape index (κ3) is 5.65. The molecule has 3 aromatic carbocycles. The minimum absolute atomic E-state index is 0.226.